The first-order valence-corrected chi connectivity index (χ1v) is 13.4. The number of aryl methyl sites for hydroxylation is 3. The Bertz CT molecular complexity index is 1380. The van der Waals surface area contributed by atoms with Gasteiger partial charge in [0.15, 0.2) is 0 Å². The van der Waals surface area contributed by atoms with Crippen LogP contribution in [0, 0.1) is 17.7 Å². The number of unbranched alkanes of at least 4 members (excludes halogenated alkanes) is 4. The highest BCUT2D eigenvalue weighted by molar-refractivity contribution is 5.85. The maximum absolute atomic E-state index is 15.2. The minimum atomic E-state index is -2.85. The summed E-state index contributed by atoms with van der Waals surface area (Å²) in [4.78, 5) is 0. The van der Waals surface area contributed by atoms with Crippen LogP contribution in [0.15, 0.2) is 78.9 Å². The minimum Gasteiger partial charge on any atom is -0.435 e. The van der Waals surface area contributed by atoms with Gasteiger partial charge in [0.05, 0.1) is 0 Å². The van der Waals surface area contributed by atoms with Gasteiger partial charge < -0.3 is 4.74 Å². The average molecular weight is 515 g/mol. The molecule has 0 spiro atoms. The summed E-state index contributed by atoms with van der Waals surface area (Å²) in [6.45, 7) is -0.613. The van der Waals surface area contributed by atoms with E-state index in [4.69, 9.17) is 0 Å². The van der Waals surface area contributed by atoms with Crippen molar-refractivity contribution in [3.05, 3.63) is 112 Å². The Balaban J connectivity index is 1.37. The van der Waals surface area contributed by atoms with Crippen molar-refractivity contribution in [3.63, 3.8) is 0 Å². The molecule has 0 heterocycles. The molecule has 4 aromatic carbocycles. The van der Waals surface area contributed by atoms with Gasteiger partial charge in [-0.15, -0.1) is 0 Å². The second-order valence-electron chi connectivity index (χ2n) is 9.61. The molecule has 0 aliphatic heterocycles. The summed E-state index contributed by atoms with van der Waals surface area (Å²) in [5.41, 5.74) is 4.71. The molecule has 0 aliphatic carbocycles. The molecule has 0 aromatic heterocycles. The van der Waals surface area contributed by atoms with Crippen LogP contribution in [0.4, 0.5) is 13.2 Å². The minimum absolute atomic E-state index is 0.115. The van der Waals surface area contributed by atoms with Crippen molar-refractivity contribution < 1.29 is 17.9 Å². The van der Waals surface area contributed by atoms with Crippen LogP contribution in [-0.2, 0) is 19.3 Å². The van der Waals surface area contributed by atoms with E-state index in [0.29, 0.717) is 23.8 Å². The third-order valence-corrected chi connectivity index (χ3v) is 6.74. The molecule has 0 N–H and O–H groups in total. The molecule has 0 radical (unpaired) electrons. The summed E-state index contributed by atoms with van der Waals surface area (Å²) < 4.78 is 44.2. The Labute approximate surface area is 223 Å². The number of alkyl halides is 2. The highest BCUT2D eigenvalue weighted by Crippen LogP contribution is 2.24. The summed E-state index contributed by atoms with van der Waals surface area (Å²) >= 11 is 0. The molecule has 1 nitrogen and oxygen atoms in total. The van der Waals surface area contributed by atoms with E-state index in [0.717, 1.165) is 28.5 Å². The van der Waals surface area contributed by atoms with Crippen molar-refractivity contribution in [2.24, 2.45) is 0 Å². The average Bonchev–Trinajstić information content (AvgIpc) is 2.92. The Morgan fingerprint density at radius 1 is 0.684 bits per heavy atom. The quantitative estimate of drug-likeness (QED) is 0.143. The monoisotopic (exact) mass is 514 g/mol. The fourth-order valence-corrected chi connectivity index (χ4v) is 4.56. The Kier molecular flexibility index (Phi) is 9.87. The van der Waals surface area contributed by atoms with Crippen molar-refractivity contribution >= 4 is 10.8 Å². The Morgan fingerprint density at radius 3 is 2.08 bits per heavy atom. The van der Waals surface area contributed by atoms with Crippen LogP contribution < -0.4 is 4.74 Å². The molecule has 0 amide bonds. The van der Waals surface area contributed by atoms with Crippen LogP contribution in [0.25, 0.3) is 10.8 Å². The lowest BCUT2D eigenvalue weighted by molar-refractivity contribution is -0.0498. The Morgan fingerprint density at radius 2 is 1.34 bits per heavy atom. The number of fused-ring (bicyclic) bond motifs is 1. The van der Waals surface area contributed by atoms with Gasteiger partial charge in [0.25, 0.3) is 0 Å². The van der Waals surface area contributed by atoms with Crippen LogP contribution in [0.2, 0.25) is 0 Å². The molecule has 0 saturated heterocycles. The lowest BCUT2D eigenvalue weighted by Gasteiger charge is -2.08. The van der Waals surface area contributed by atoms with Crippen LogP contribution >= 0.6 is 0 Å². The maximum atomic E-state index is 15.2. The van der Waals surface area contributed by atoms with E-state index in [9.17, 15) is 8.78 Å². The molecule has 0 bridgehead atoms. The lowest BCUT2D eigenvalue weighted by atomic mass is 9.99. The van der Waals surface area contributed by atoms with Crippen molar-refractivity contribution in [3.8, 4) is 17.6 Å². The molecule has 4 aromatic rings. The van der Waals surface area contributed by atoms with Gasteiger partial charge in [0.1, 0.15) is 11.6 Å². The van der Waals surface area contributed by atoms with Crippen molar-refractivity contribution in [1.82, 2.24) is 0 Å². The molecular formula is C34H33F3O. The highest BCUT2D eigenvalue weighted by atomic mass is 19.3. The summed E-state index contributed by atoms with van der Waals surface area (Å²) in [7, 11) is 0. The third kappa shape index (κ3) is 7.89. The molecule has 0 unspecified atom stereocenters. The molecule has 4 heteroatoms. The SMILES string of the molecule is CCCCCCCc1ccc(C#Cc2ccc3c(F)c(CCc4ccc(OC(F)F)cc4)ccc3c2)cc1. The van der Waals surface area contributed by atoms with Gasteiger partial charge in [-0.3, -0.25) is 0 Å². The van der Waals surface area contributed by atoms with Gasteiger partial charge in [-0.1, -0.05) is 86.9 Å². The van der Waals surface area contributed by atoms with Crippen LogP contribution in [0.1, 0.15) is 66.8 Å². The van der Waals surface area contributed by atoms with Gasteiger partial charge in [-0.2, -0.15) is 8.78 Å². The van der Waals surface area contributed by atoms with E-state index >= 15 is 4.39 Å². The summed E-state index contributed by atoms with van der Waals surface area (Å²) in [5.74, 6) is 6.31. The van der Waals surface area contributed by atoms with Crippen LogP contribution in [-0.4, -0.2) is 6.61 Å². The first-order valence-electron chi connectivity index (χ1n) is 13.4. The summed E-state index contributed by atoms with van der Waals surface area (Å²) in [6, 6.07) is 24.2. The zero-order valence-electron chi connectivity index (χ0n) is 21.8. The predicted molar refractivity (Wildman–Crippen MR) is 149 cm³/mol. The standard InChI is InChI=1S/C34H33F3O/c1-2-3-4-5-6-7-25-8-10-26(11-9-25)12-13-28-17-23-32-30(24-28)20-19-29(33(32)35)18-14-27-15-21-31(22-16-27)38-34(36)37/h8-11,15-17,19-24,34H,2-7,14,18H2,1H3. The van der Waals surface area contributed by atoms with Gasteiger partial charge in [-0.05, 0) is 84.2 Å². The highest BCUT2D eigenvalue weighted by Gasteiger charge is 2.09. The van der Waals surface area contributed by atoms with Crippen molar-refractivity contribution in [2.45, 2.75) is 64.9 Å². The van der Waals surface area contributed by atoms with E-state index < -0.39 is 6.61 Å². The number of benzene rings is 4. The van der Waals surface area contributed by atoms with E-state index in [1.165, 1.54) is 49.8 Å². The molecule has 4 rings (SSSR count). The fourth-order valence-electron chi connectivity index (χ4n) is 4.56. The van der Waals surface area contributed by atoms with E-state index in [1.54, 1.807) is 18.2 Å². The smallest absolute Gasteiger partial charge is 0.387 e. The zero-order valence-corrected chi connectivity index (χ0v) is 21.8. The van der Waals surface area contributed by atoms with E-state index in [1.807, 2.05) is 24.3 Å². The third-order valence-electron chi connectivity index (χ3n) is 6.74. The predicted octanol–water partition coefficient (Wildman–Crippen LogP) is 9.28. The van der Waals surface area contributed by atoms with Crippen LogP contribution in [0.3, 0.4) is 0 Å². The van der Waals surface area contributed by atoms with Crippen molar-refractivity contribution in [2.75, 3.05) is 0 Å². The maximum Gasteiger partial charge on any atom is 0.387 e. The summed E-state index contributed by atoms with van der Waals surface area (Å²) in [6.07, 6.45) is 8.63. The molecular weight excluding hydrogens is 481 g/mol. The number of ether oxygens (including phenoxy) is 1. The first-order chi connectivity index (χ1) is 18.5. The molecule has 0 aliphatic rings. The van der Waals surface area contributed by atoms with Gasteiger partial charge in [0, 0.05) is 16.5 Å². The first kappa shape index (κ1) is 27.3. The van der Waals surface area contributed by atoms with Crippen LogP contribution in [0.5, 0.6) is 5.75 Å². The molecule has 38 heavy (non-hydrogen) atoms. The molecule has 0 fully saturated rings. The van der Waals surface area contributed by atoms with E-state index in [2.05, 4.69) is 47.8 Å². The van der Waals surface area contributed by atoms with Gasteiger partial charge in [-0.25, -0.2) is 4.39 Å². The number of halogens is 3. The van der Waals surface area contributed by atoms with Gasteiger partial charge >= 0.3 is 6.61 Å². The lowest BCUT2D eigenvalue weighted by Crippen LogP contribution is -2.02. The second kappa shape index (κ2) is 13.7. The van der Waals surface area contributed by atoms with Gasteiger partial charge in [0.2, 0.25) is 0 Å². The number of hydrogen-bond acceptors (Lipinski definition) is 1. The second-order valence-corrected chi connectivity index (χ2v) is 9.61. The van der Waals surface area contributed by atoms with Crippen molar-refractivity contribution in [1.29, 1.82) is 0 Å². The topological polar surface area (TPSA) is 9.23 Å². The largest absolute Gasteiger partial charge is 0.435 e. The summed E-state index contributed by atoms with van der Waals surface area (Å²) in [5, 5.41) is 1.38. The number of rotatable bonds is 11. The molecule has 0 saturated carbocycles. The number of hydrogen-bond donors (Lipinski definition) is 0. The zero-order chi connectivity index (χ0) is 26.7. The van der Waals surface area contributed by atoms with E-state index in [-0.39, 0.29) is 11.6 Å². The fraction of sp³-hybridized carbons (Fsp3) is 0.294. The Hall–Kier alpha value is -3.71. The normalized spacial score (nSPS) is 11.0. The molecule has 0 atom stereocenters. The molecule has 196 valence electrons.